The molecule has 0 saturated heterocycles. The maximum absolute atomic E-state index is 13.7. The Hall–Kier alpha value is -2.72. The highest BCUT2D eigenvalue weighted by Crippen LogP contribution is 2.46. The number of halogens is 5. The van der Waals surface area contributed by atoms with Crippen LogP contribution in [0.15, 0.2) is 41.1 Å². The Morgan fingerprint density at radius 1 is 1.31 bits per heavy atom. The third kappa shape index (κ3) is 3.65. The van der Waals surface area contributed by atoms with Crippen molar-refractivity contribution in [3.05, 3.63) is 58.4 Å². The Balaban J connectivity index is 1.71. The molecule has 2 atom stereocenters. The van der Waals surface area contributed by atoms with E-state index in [1.807, 2.05) is 0 Å². The number of rotatable bonds is 3. The first-order valence-corrected chi connectivity index (χ1v) is 9.08. The summed E-state index contributed by atoms with van der Waals surface area (Å²) >= 11 is 12.1. The van der Waals surface area contributed by atoms with E-state index in [0.29, 0.717) is 10.4 Å². The number of amides is 1. The van der Waals surface area contributed by atoms with Crippen LogP contribution in [0.4, 0.5) is 24.7 Å². The van der Waals surface area contributed by atoms with Gasteiger partial charge in [-0.25, -0.2) is 9.67 Å². The van der Waals surface area contributed by atoms with E-state index in [2.05, 4.69) is 20.7 Å². The predicted octanol–water partition coefficient (Wildman–Crippen LogP) is 5.09. The SMILES string of the molecule is O=C(Nc1cccnc1Cl)c1nn2c(c1Cl)N[C@@H](c1ccco1)C[C@@H]2C(F)(F)F. The summed E-state index contributed by atoms with van der Waals surface area (Å²) in [7, 11) is 0. The van der Waals surface area contributed by atoms with Gasteiger partial charge in [0.05, 0.1) is 18.0 Å². The molecule has 0 radical (unpaired) electrons. The Morgan fingerprint density at radius 3 is 2.76 bits per heavy atom. The van der Waals surface area contributed by atoms with Crippen LogP contribution in [0.25, 0.3) is 0 Å². The van der Waals surface area contributed by atoms with Crippen LogP contribution in [0.5, 0.6) is 0 Å². The van der Waals surface area contributed by atoms with Crippen LogP contribution in [-0.4, -0.2) is 26.8 Å². The van der Waals surface area contributed by atoms with Crippen molar-refractivity contribution < 1.29 is 22.4 Å². The Kier molecular flexibility index (Phi) is 4.91. The van der Waals surface area contributed by atoms with E-state index in [-0.39, 0.29) is 33.8 Å². The summed E-state index contributed by atoms with van der Waals surface area (Å²) in [6.07, 6.45) is -2.20. The number of carbonyl (C=O) groups is 1. The van der Waals surface area contributed by atoms with Gasteiger partial charge in [0.2, 0.25) is 0 Å². The maximum atomic E-state index is 13.7. The van der Waals surface area contributed by atoms with Crippen LogP contribution in [0.3, 0.4) is 0 Å². The molecule has 152 valence electrons. The summed E-state index contributed by atoms with van der Waals surface area (Å²) in [5.74, 6) is -0.621. The number of nitrogens with zero attached hydrogens (tertiary/aromatic N) is 3. The summed E-state index contributed by atoms with van der Waals surface area (Å²) in [6, 6.07) is 3.38. The molecule has 0 fully saturated rings. The van der Waals surface area contributed by atoms with Gasteiger partial charge in [0.25, 0.3) is 5.91 Å². The van der Waals surface area contributed by atoms with Crippen molar-refractivity contribution in [3.63, 3.8) is 0 Å². The van der Waals surface area contributed by atoms with E-state index in [1.54, 1.807) is 12.1 Å². The van der Waals surface area contributed by atoms with Crippen molar-refractivity contribution in [2.75, 3.05) is 10.6 Å². The lowest BCUT2D eigenvalue weighted by Gasteiger charge is -2.32. The zero-order valence-corrected chi connectivity index (χ0v) is 15.9. The van der Waals surface area contributed by atoms with Gasteiger partial charge in [0.15, 0.2) is 16.9 Å². The molecule has 7 nitrogen and oxygen atoms in total. The molecule has 0 unspecified atom stereocenters. The van der Waals surface area contributed by atoms with Crippen molar-refractivity contribution in [2.24, 2.45) is 0 Å². The molecule has 1 aliphatic rings. The van der Waals surface area contributed by atoms with Gasteiger partial charge in [-0.3, -0.25) is 4.79 Å². The molecule has 1 amide bonds. The number of anilines is 2. The molecule has 0 bridgehead atoms. The summed E-state index contributed by atoms with van der Waals surface area (Å²) in [4.78, 5) is 16.4. The standard InChI is InChI=1S/C17H12Cl2F3N5O2/c18-12-13(16(28)25-8-3-1-5-23-14(8)19)26-27-11(17(20,21)22)7-9(24-15(12)27)10-4-2-6-29-10/h1-6,9,11,24H,7H2,(H,25,28)/t9-,11-/m1/s1. The molecule has 2 N–H and O–H groups in total. The monoisotopic (exact) mass is 445 g/mol. The van der Waals surface area contributed by atoms with Crippen LogP contribution in [-0.2, 0) is 0 Å². The lowest BCUT2D eigenvalue weighted by atomic mass is 10.0. The number of hydrogen-bond donors (Lipinski definition) is 2. The molecular weight excluding hydrogens is 434 g/mol. The lowest BCUT2D eigenvalue weighted by molar-refractivity contribution is -0.174. The molecule has 1 aliphatic heterocycles. The van der Waals surface area contributed by atoms with Gasteiger partial charge >= 0.3 is 6.18 Å². The molecule has 3 aromatic rings. The van der Waals surface area contributed by atoms with E-state index in [4.69, 9.17) is 27.6 Å². The number of carbonyl (C=O) groups excluding carboxylic acids is 1. The molecule has 12 heteroatoms. The van der Waals surface area contributed by atoms with Gasteiger partial charge in [-0.15, -0.1) is 0 Å². The molecule has 4 rings (SSSR count). The van der Waals surface area contributed by atoms with Gasteiger partial charge in [-0.05, 0) is 24.3 Å². The van der Waals surface area contributed by atoms with E-state index >= 15 is 0 Å². The van der Waals surface area contributed by atoms with Crippen LogP contribution in [0, 0.1) is 0 Å². The minimum atomic E-state index is -4.61. The number of pyridine rings is 1. The highest BCUT2D eigenvalue weighted by Gasteiger charge is 2.48. The predicted molar refractivity (Wildman–Crippen MR) is 99.2 cm³/mol. The number of furan rings is 1. The zero-order chi connectivity index (χ0) is 20.8. The summed E-state index contributed by atoms with van der Waals surface area (Å²) in [6.45, 7) is 0. The fourth-order valence-corrected chi connectivity index (χ4v) is 3.50. The molecule has 29 heavy (non-hydrogen) atoms. The minimum Gasteiger partial charge on any atom is -0.467 e. The van der Waals surface area contributed by atoms with E-state index < -0.39 is 24.2 Å². The lowest BCUT2D eigenvalue weighted by Crippen LogP contribution is -2.35. The van der Waals surface area contributed by atoms with Gasteiger partial charge < -0.3 is 15.1 Å². The van der Waals surface area contributed by atoms with E-state index in [9.17, 15) is 18.0 Å². The largest absolute Gasteiger partial charge is 0.467 e. The second-order valence-corrected chi connectivity index (χ2v) is 6.99. The molecule has 0 aliphatic carbocycles. The average molecular weight is 446 g/mol. The van der Waals surface area contributed by atoms with Crippen molar-refractivity contribution >= 4 is 40.6 Å². The van der Waals surface area contributed by atoms with Crippen LogP contribution < -0.4 is 10.6 Å². The molecular formula is C17H12Cl2F3N5O2. The van der Waals surface area contributed by atoms with E-state index in [1.165, 1.54) is 24.6 Å². The van der Waals surface area contributed by atoms with E-state index in [0.717, 1.165) is 0 Å². The Morgan fingerprint density at radius 2 is 2.10 bits per heavy atom. The van der Waals surface area contributed by atoms with Crippen molar-refractivity contribution in [1.82, 2.24) is 14.8 Å². The summed E-state index contributed by atoms with van der Waals surface area (Å²) < 4.78 is 47.0. The number of alkyl halides is 3. The average Bonchev–Trinajstić information content (AvgIpc) is 3.31. The first kappa shape index (κ1) is 19.6. The van der Waals surface area contributed by atoms with Crippen LogP contribution >= 0.6 is 23.2 Å². The Bertz CT molecular complexity index is 1050. The topological polar surface area (TPSA) is 85.0 Å². The Labute approximate surface area is 171 Å². The molecule has 0 saturated carbocycles. The highest BCUT2D eigenvalue weighted by molar-refractivity contribution is 6.37. The van der Waals surface area contributed by atoms with Crippen molar-refractivity contribution in [2.45, 2.75) is 24.7 Å². The normalized spacial score (nSPS) is 18.8. The highest BCUT2D eigenvalue weighted by atomic mass is 35.5. The van der Waals surface area contributed by atoms with Crippen molar-refractivity contribution in [1.29, 1.82) is 0 Å². The van der Waals surface area contributed by atoms with Gasteiger partial charge in [0, 0.05) is 12.6 Å². The van der Waals surface area contributed by atoms with Crippen LogP contribution in [0.1, 0.15) is 34.8 Å². The van der Waals surface area contributed by atoms with Gasteiger partial charge in [-0.2, -0.15) is 18.3 Å². The second kappa shape index (κ2) is 7.27. The number of fused-ring (bicyclic) bond motifs is 1. The maximum Gasteiger partial charge on any atom is 0.410 e. The molecule has 0 aromatic carbocycles. The number of aromatic nitrogens is 3. The second-order valence-electron chi connectivity index (χ2n) is 6.26. The first-order chi connectivity index (χ1) is 13.8. The third-order valence-electron chi connectivity index (χ3n) is 4.40. The van der Waals surface area contributed by atoms with Gasteiger partial charge in [-0.1, -0.05) is 23.2 Å². The molecule has 3 aromatic heterocycles. The molecule has 4 heterocycles. The van der Waals surface area contributed by atoms with Crippen LogP contribution in [0.2, 0.25) is 10.2 Å². The zero-order valence-electron chi connectivity index (χ0n) is 14.4. The summed E-state index contributed by atoms with van der Waals surface area (Å²) in [5, 5.41) is 8.94. The summed E-state index contributed by atoms with van der Waals surface area (Å²) in [5.41, 5.74) is -0.196. The quantitative estimate of drug-likeness (QED) is 0.548. The van der Waals surface area contributed by atoms with Gasteiger partial charge in [0.1, 0.15) is 16.6 Å². The fraction of sp³-hybridized carbons (Fsp3) is 0.235. The smallest absolute Gasteiger partial charge is 0.410 e. The molecule has 0 spiro atoms. The first-order valence-electron chi connectivity index (χ1n) is 8.32. The minimum absolute atomic E-state index is 0.0186. The number of nitrogens with one attached hydrogen (secondary N) is 2. The number of hydrogen-bond acceptors (Lipinski definition) is 5. The fourth-order valence-electron chi connectivity index (χ4n) is 3.07. The third-order valence-corrected chi connectivity index (χ3v) is 5.06. The van der Waals surface area contributed by atoms with Crippen molar-refractivity contribution in [3.8, 4) is 0 Å².